The second kappa shape index (κ2) is 5.53. The molecule has 0 aliphatic carbocycles. The minimum atomic E-state index is 0.941. The highest BCUT2D eigenvalue weighted by Gasteiger charge is 2.03. The van der Waals surface area contributed by atoms with E-state index < -0.39 is 0 Å². The van der Waals surface area contributed by atoms with Crippen LogP contribution in [0.25, 0.3) is 0 Å². The van der Waals surface area contributed by atoms with E-state index in [1.165, 1.54) is 32.4 Å². The first-order valence-corrected chi connectivity index (χ1v) is 7.12. The van der Waals surface area contributed by atoms with Crippen LogP contribution in [0.2, 0.25) is 0 Å². The lowest BCUT2D eigenvalue weighted by Crippen LogP contribution is -2.06. The van der Waals surface area contributed by atoms with Gasteiger partial charge in [-0.05, 0) is 44.9 Å². The summed E-state index contributed by atoms with van der Waals surface area (Å²) in [5, 5.41) is 4.72. The lowest BCUT2D eigenvalue weighted by atomic mass is 10.1. The van der Waals surface area contributed by atoms with Crippen molar-refractivity contribution < 1.29 is 0 Å². The number of thiazole rings is 1. The minimum Gasteiger partial charge on any atom is -0.384 e. The number of hydrogen-bond acceptors (Lipinski definition) is 3. The molecule has 0 fully saturated rings. The number of nitrogens with zero attached hydrogens (tertiary/aromatic N) is 1. The molecular formula is C15H20N2S. The molecule has 2 aromatic rings. The summed E-state index contributed by atoms with van der Waals surface area (Å²) in [4.78, 5) is 5.89. The van der Waals surface area contributed by atoms with Crippen LogP contribution in [0, 0.1) is 27.7 Å². The molecule has 1 aromatic heterocycles. The van der Waals surface area contributed by atoms with E-state index >= 15 is 0 Å². The standard InChI is InChI=1S/C15H20N2S/c1-10-5-6-11(2)14(9-10)16-8-7-15-17-12(3)13(4)18-15/h5-6,9,16H,7-8H2,1-4H3. The lowest BCUT2D eigenvalue weighted by molar-refractivity contribution is 0.983. The van der Waals surface area contributed by atoms with Crippen LogP contribution >= 0.6 is 11.3 Å². The van der Waals surface area contributed by atoms with Gasteiger partial charge in [-0.15, -0.1) is 11.3 Å². The maximum Gasteiger partial charge on any atom is 0.0948 e. The summed E-state index contributed by atoms with van der Waals surface area (Å²) >= 11 is 1.81. The van der Waals surface area contributed by atoms with Crippen LogP contribution in [-0.4, -0.2) is 11.5 Å². The van der Waals surface area contributed by atoms with Gasteiger partial charge in [-0.25, -0.2) is 4.98 Å². The smallest absolute Gasteiger partial charge is 0.0948 e. The normalized spacial score (nSPS) is 10.7. The van der Waals surface area contributed by atoms with Crippen molar-refractivity contribution in [3.63, 3.8) is 0 Å². The molecule has 0 saturated heterocycles. The van der Waals surface area contributed by atoms with E-state index in [4.69, 9.17) is 0 Å². The second-order valence-electron chi connectivity index (χ2n) is 4.74. The molecule has 0 saturated carbocycles. The number of hydrogen-bond donors (Lipinski definition) is 1. The summed E-state index contributed by atoms with van der Waals surface area (Å²) in [6.07, 6.45) is 0.993. The van der Waals surface area contributed by atoms with E-state index in [0.29, 0.717) is 0 Å². The van der Waals surface area contributed by atoms with Crippen molar-refractivity contribution in [3.8, 4) is 0 Å². The van der Waals surface area contributed by atoms with Gasteiger partial charge in [0.25, 0.3) is 0 Å². The topological polar surface area (TPSA) is 24.9 Å². The molecule has 96 valence electrons. The molecule has 2 nitrogen and oxygen atoms in total. The zero-order chi connectivity index (χ0) is 13.1. The summed E-state index contributed by atoms with van der Waals surface area (Å²) in [6.45, 7) is 9.41. The SMILES string of the molecule is Cc1ccc(C)c(NCCc2nc(C)c(C)s2)c1. The summed E-state index contributed by atoms with van der Waals surface area (Å²) in [5.74, 6) is 0. The lowest BCUT2D eigenvalue weighted by Gasteiger charge is -2.09. The molecule has 0 bridgehead atoms. The highest BCUT2D eigenvalue weighted by Crippen LogP contribution is 2.19. The van der Waals surface area contributed by atoms with E-state index in [-0.39, 0.29) is 0 Å². The highest BCUT2D eigenvalue weighted by atomic mass is 32.1. The fourth-order valence-electron chi connectivity index (χ4n) is 1.88. The minimum absolute atomic E-state index is 0.941. The summed E-state index contributed by atoms with van der Waals surface area (Å²) < 4.78 is 0. The van der Waals surface area contributed by atoms with Gasteiger partial charge >= 0.3 is 0 Å². The fourth-order valence-corrected chi connectivity index (χ4v) is 2.81. The molecule has 0 atom stereocenters. The van der Waals surface area contributed by atoms with Gasteiger partial charge in [0.2, 0.25) is 0 Å². The zero-order valence-electron chi connectivity index (χ0n) is 11.5. The first-order chi connectivity index (χ1) is 8.56. The Bertz CT molecular complexity index is 524. The van der Waals surface area contributed by atoms with Crippen molar-refractivity contribution in [1.29, 1.82) is 0 Å². The van der Waals surface area contributed by atoms with Gasteiger partial charge in [0, 0.05) is 23.5 Å². The van der Waals surface area contributed by atoms with E-state index in [1.807, 2.05) is 0 Å². The van der Waals surface area contributed by atoms with Crippen molar-refractivity contribution in [3.05, 3.63) is 44.9 Å². The number of aromatic nitrogens is 1. The first-order valence-electron chi connectivity index (χ1n) is 6.30. The van der Waals surface area contributed by atoms with E-state index in [9.17, 15) is 0 Å². The predicted octanol–water partition coefficient (Wildman–Crippen LogP) is 4.03. The molecule has 1 aromatic carbocycles. The summed E-state index contributed by atoms with van der Waals surface area (Å²) in [6, 6.07) is 6.51. The van der Waals surface area contributed by atoms with Crippen molar-refractivity contribution in [2.75, 3.05) is 11.9 Å². The molecule has 0 unspecified atom stereocenters. The van der Waals surface area contributed by atoms with Gasteiger partial charge in [-0.1, -0.05) is 12.1 Å². The fraction of sp³-hybridized carbons (Fsp3) is 0.400. The Morgan fingerprint density at radius 2 is 1.94 bits per heavy atom. The van der Waals surface area contributed by atoms with Crippen molar-refractivity contribution >= 4 is 17.0 Å². The summed E-state index contributed by atoms with van der Waals surface area (Å²) in [5.41, 5.74) is 5.00. The average Bonchev–Trinajstić information content (AvgIpc) is 2.63. The third kappa shape index (κ3) is 3.10. The van der Waals surface area contributed by atoms with E-state index in [1.54, 1.807) is 11.3 Å². The maximum atomic E-state index is 4.56. The van der Waals surface area contributed by atoms with E-state index in [2.05, 4.69) is 56.2 Å². The molecule has 18 heavy (non-hydrogen) atoms. The number of aryl methyl sites for hydroxylation is 4. The Labute approximate surface area is 113 Å². The van der Waals surface area contributed by atoms with Gasteiger partial charge in [0.1, 0.15) is 0 Å². The highest BCUT2D eigenvalue weighted by molar-refractivity contribution is 7.11. The van der Waals surface area contributed by atoms with E-state index in [0.717, 1.165) is 13.0 Å². The van der Waals surface area contributed by atoms with Crippen LogP contribution < -0.4 is 5.32 Å². The largest absolute Gasteiger partial charge is 0.384 e. The number of benzene rings is 1. The number of nitrogens with one attached hydrogen (secondary N) is 1. The molecule has 2 rings (SSSR count). The second-order valence-corrected chi connectivity index (χ2v) is 6.03. The Balaban J connectivity index is 1.94. The Morgan fingerprint density at radius 1 is 1.17 bits per heavy atom. The monoisotopic (exact) mass is 260 g/mol. The molecular weight excluding hydrogens is 240 g/mol. The molecule has 0 aliphatic heterocycles. The molecule has 1 heterocycles. The number of anilines is 1. The quantitative estimate of drug-likeness (QED) is 0.897. The Hall–Kier alpha value is -1.35. The van der Waals surface area contributed by atoms with Crippen LogP contribution in [0.4, 0.5) is 5.69 Å². The zero-order valence-corrected chi connectivity index (χ0v) is 12.3. The van der Waals surface area contributed by atoms with Gasteiger partial charge in [-0.3, -0.25) is 0 Å². The Morgan fingerprint density at radius 3 is 2.61 bits per heavy atom. The van der Waals surface area contributed by atoms with Crippen molar-refractivity contribution in [2.24, 2.45) is 0 Å². The van der Waals surface area contributed by atoms with Crippen LogP contribution in [0.1, 0.15) is 26.7 Å². The van der Waals surface area contributed by atoms with Crippen LogP contribution in [-0.2, 0) is 6.42 Å². The van der Waals surface area contributed by atoms with Crippen molar-refractivity contribution in [1.82, 2.24) is 4.98 Å². The van der Waals surface area contributed by atoms with Gasteiger partial charge < -0.3 is 5.32 Å². The molecule has 1 N–H and O–H groups in total. The van der Waals surface area contributed by atoms with Crippen LogP contribution in [0.15, 0.2) is 18.2 Å². The third-order valence-corrected chi connectivity index (χ3v) is 4.25. The Kier molecular flexibility index (Phi) is 4.02. The predicted molar refractivity (Wildman–Crippen MR) is 79.7 cm³/mol. The summed E-state index contributed by atoms with van der Waals surface area (Å²) in [7, 11) is 0. The van der Waals surface area contributed by atoms with Crippen LogP contribution in [0.3, 0.4) is 0 Å². The average molecular weight is 260 g/mol. The third-order valence-electron chi connectivity index (χ3n) is 3.12. The number of rotatable bonds is 4. The molecule has 0 aliphatic rings. The van der Waals surface area contributed by atoms with Gasteiger partial charge in [-0.2, -0.15) is 0 Å². The first kappa shape index (κ1) is 13.1. The molecule has 0 radical (unpaired) electrons. The van der Waals surface area contributed by atoms with Gasteiger partial charge in [0.05, 0.1) is 10.7 Å². The van der Waals surface area contributed by atoms with Gasteiger partial charge in [0.15, 0.2) is 0 Å². The van der Waals surface area contributed by atoms with Crippen molar-refractivity contribution in [2.45, 2.75) is 34.1 Å². The molecule has 0 spiro atoms. The molecule has 0 amide bonds. The van der Waals surface area contributed by atoms with Crippen LogP contribution in [0.5, 0.6) is 0 Å². The molecule has 3 heteroatoms. The maximum absolute atomic E-state index is 4.56.